The zero-order valence-electron chi connectivity index (χ0n) is 16.9. The maximum Gasteiger partial charge on any atom is 0.282 e. The summed E-state index contributed by atoms with van der Waals surface area (Å²) >= 11 is 0. The summed E-state index contributed by atoms with van der Waals surface area (Å²) < 4.78 is 24.0. The van der Waals surface area contributed by atoms with Crippen molar-refractivity contribution in [2.24, 2.45) is 0 Å². The molecule has 156 valence electrons. The molecule has 2 amide bonds. The topological polar surface area (TPSA) is 67.9 Å². The molecule has 0 radical (unpaired) electrons. The summed E-state index contributed by atoms with van der Waals surface area (Å²) in [5, 5.41) is 3.05. The van der Waals surface area contributed by atoms with E-state index in [-0.39, 0.29) is 11.3 Å². The first-order valence-corrected chi connectivity index (χ1v) is 9.46. The largest absolute Gasteiger partial charge is 0.493 e. The number of hydrogen-bond acceptors (Lipinski definition) is 5. The van der Waals surface area contributed by atoms with Crippen molar-refractivity contribution < 1.29 is 23.5 Å². The van der Waals surface area contributed by atoms with Crippen molar-refractivity contribution >= 4 is 28.8 Å². The van der Waals surface area contributed by atoms with Crippen LogP contribution in [0.1, 0.15) is 5.56 Å². The molecule has 1 aliphatic rings. The van der Waals surface area contributed by atoms with Crippen LogP contribution >= 0.6 is 0 Å². The second-order valence-electron chi connectivity index (χ2n) is 6.73. The van der Waals surface area contributed by atoms with Gasteiger partial charge in [0.1, 0.15) is 11.5 Å². The number of carbonyl (C=O) groups is 2. The first kappa shape index (κ1) is 20.2. The molecular formula is C24H19FN2O4. The van der Waals surface area contributed by atoms with E-state index in [4.69, 9.17) is 9.47 Å². The number of nitrogens with zero attached hydrogens (tertiary/aromatic N) is 1. The minimum absolute atomic E-state index is 0.0904. The summed E-state index contributed by atoms with van der Waals surface area (Å²) in [6.07, 6.45) is 0. The lowest BCUT2D eigenvalue weighted by atomic mass is 10.0. The van der Waals surface area contributed by atoms with Crippen molar-refractivity contribution in [3.8, 4) is 11.5 Å². The molecule has 0 aromatic heterocycles. The quantitative estimate of drug-likeness (QED) is 0.607. The Morgan fingerprint density at radius 2 is 1.48 bits per heavy atom. The van der Waals surface area contributed by atoms with Crippen LogP contribution in [-0.2, 0) is 9.59 Å². The molecule has 1 heterocycles. The molecule has 0 atom stereocenters. The number of carbonyl (C=O) groups excluding carboxylic acids is 2. The number of amides is 2. The average Bonchev–Trinajstić information content (AvgIpc) is 3.04. The van der Waals surface area contributed by atoms with Crippen molar-refractivity contribution in [3.05, 3.63) is 89.9 Å². The van der Waals surface area contributed by atoms with Crippen molar-refractivity contribution in [2.45, 2.75) is 0 Å². The van der Waals surface area contributed by atoms with Gasteiger partial charge in [-0.05, 0) is 42.0 Å². The monoisotopic (exact) mass is 418 g/mol. The standard InChI is InChI=1S/C24H19FN2O4/c1-30-19-13-12-17(14-20(19)31-2)26-22-21(15-8-10-16(25)11-9-15)23(28)27(24(22)29)18-6-4-3-5-7-18/h3-14,26H,1-2H3. The number of imide groups is 1. The summed E-state index contributed by atoms with van der Waals surface area (Å²) in [5.41, 5.74) is 1.65. The minimum Gasteiger partial charge on any atom is -0.493 e. The van der Waals surface area contributed by atoms with Crippen molar-refractivity contribution in [1.82, 2.24) is 0 Å². The van der Waals surface area contributed by atoms with Crippen LogP contribution in [-0.4, -0.2) is 26.0 Å². The second kappa shape index (κ2) is 8.31. The lowest BCUT2D eigenvalue weighted by Crippen LogP contribution is -2.32. The van der Waals surface area contributed by atoms with E-state index in [0.717, 1.165) is 4.90 Å². The second-order valence-corrected chi connectivity index (χ2v) is 6.73. The summed E-state index contributed by atoms with van der Waals surface area (Å²) in [6.45, 7) is 0. The lowest BCUT2D eigenvalue weighted by molar-refractivity contribution is -0.120. The van der Waals surface area contributed by atoms with E-state index in [0.29, 0.717) is 28.4 Å². The van der Waals surface area contributed by atoms with Crippen LogP contribution in [0.2, 0.25) is 0 Å². The number of rotatable bonds is 6. The molecule has 1 N–H and O–H groups in total. The van der Waals surface area contributed by atoms with Gasteiger partial charge in [-0.15, -0.1) is 0 Å². The maximum absolute atomic E-state index is 13.5. The van der Waals surface area contributed by atoms with Crippen LogP contribution in [0.25, 0.3) is 5.57 Å². The maximum atomic E-state index is 13.5. The van der Waals surface area contributed by atoms with Gasteiger partial charge in [-0.1, -0.05) is 30.3 Å². The summed E-state index contributed by atoms with van der Waals surface area (Å²) in [5.74, 6) is -0.444. The number of nitrogens with one attached hydrogen (secondary N) is 1. The zero-order valence-corrected chi connectivity index (χ0v) is 16.9. The molecule has 0 saturated carbocycles. The third-order valence-corrected chi connectivity index (χ3v) is 4.88. The number of hydrogen-bond donors (Lipinski definition) is 1. The molecule has 6 nitrogen and oxygen atoms in total. The van der Waals surface area contributed by atoms with Crippen LogP contribution in [0.3, 0.4) is 0 Å². The highest BCUT2D eigenvalue weighted by Gasteiger charge is 2.40. The van der Waals surface area contributed by atoms with Gasteiger partial charge in [-0.25, -0.2) is 9.29 Å². The fourth-order valence-corrected chi connectivity index (χ4v) is 3.40. The third kappa shape index (κ3) is 3.73. The Bertz CT molecular complexity index is 1170. The SMILES string of the molecule is COc1ccc(NC2=C(c3ccc(F)cc3)C(=O)N(c3ccccc3)C2=O)cc1OC. The zero-order chi connectivity index (χ0) is 22.0. The van der Waals surface area contributed by atoms with Crippen LogP contribution in [0, 0.1) is 5.82 Å². The fourth-order valence-electron chi connectivity index (χ4n) is 3.40. The Morgan fingerprint density at radius 1 is 0.806 bits per heavy atom. The Morgan fingerprint density at radius 3 is 2.13 bits per heavy atom. The smallest absolute Gasteiger partial charge is 0.282 e. The van der Waals surface area contributed by atoms with Gasteiger partial charge < -0.3 is 14.8 Å². The van der Waals surface area contributed by atoms with Crippen molar-refractivity contribution in [3.63, 3.8) is 0 Å². The van der Waals surface area contributed by atoms with Crippen LogP contribution in [0.5, 0.6) is 11.5 Å². The highest BCUT2D eigenvalue weighted by atomic mass is 19.1. The number of methoxy groups -OCH3 is 2. The number of anilines is 2. The van der Waals surface area contributed by atoms with Crippen LogP contribution < -0.4 is 19.7 Å². The molecule has 0 spiro atoms. The molecule has 0 fully saturated rings. The number of ether oxygens (including phenoxy) is 2. The highest BCUT2D eigenvalue weighted by molar-refractivity contribution is 6.46. The van der Waals surface area contributed by atoms with E-state index in [2.05, 4.69) is 5.32 Å². The Labute approximate surface area is 178 Å². The third-order valence-electron chi connectivity index (χ3n) is 4.88. The van der Waals surface area contributed by atoms with E-state index in [1.807, 2.05) is 0 Å². The Balaban J connectivity index is 1.81. The normalized spacial score (nSPS) is 13.6. The van der Waals surface area contributed by atoms with E-state index in [1.54, 1.807) is 48.5 Å². The molecular weight excluding hydrogens is 399 g/mol. The predicted octanol–water partition coefficient (Wildman–Crippen LogP) is 4.24. The molecule has 7 heteroatoms. The molecule has 0 unspecified atom stereocenters. The molecule has 31 heavy (non-hydrogen) atoms. The molecule has 4 rings (SSSR count). The van der Waals surface area contributed by atoms with Gasteiger partial charge in [0.2, 0.25) is 0 Å². The molecule has 3 aromatic rings. The van der Waals surface area contributed by atoms with E-state index in [9.17, 15) is 14.0 Å². The lowest BCUT2D eigenvalue weighted by Gasteiger charge is -2.15. The molecule has 0 aliphatic carbocycles. The Kier molecular flexibility index (Phi) is 5.41. The summed E-state index contributed by atoms with van der Waals surface area (Å²) in [7, 11) is 3.03. The van der Waals surface area contributed by atoms with E-state index in [1.165, 1.54) is 38.5 Å². The first-order valence-electron chi connectivity index (χ1n) is 9.46. The van der Waals surface area contributed by atoms with Gasteiger partial charge in [0.15, 0.2) is 11.5 Å². The Hall–Kier alpha value is -4.13. The van der Waals surface area contributed by atoms with Crippen molar-refractivity contribution in [2.75, 3.05) is 24.4 Å². The summed E-state index contributed by atoms with van der Waals surface area (Å²) in [4.78, 5) is 27.7. The van der Waals surface area contributed by atoms with Gasteiger partial charge in [0.25, 0.3) is 11.8 Å². The van der Waals surface area contributed by atoms with Gasteiger partial charge in [0.05, 0.1) is 25.5 Å². The predicted molar refractivity (Wildman–Crippen MR) is 115 cm³/mol. The molecule has 1 aliphatic heterocycles. The van der Waals surface area contributed by atoms with Crippen molar-refractivity contribution in [1.29, 1.82) is 0 Å². The van der Waals surface area contributed by atoms with Gasteiger partial charge in [0, 0.05) is 11.8 Å². The summed E-state index contributed by atoms with van der Waals surface area (Å²) in [6, 6.07) is 19.1. The average molecular weight is 418 g/mol. The van der Waals surface area contributed by atoms with Gasteiger partial charge >= 0.3 is 0 Å². The molecule has 3 aromatic carbocycles. The van der Waals surface area contributed by atoms with E-state index >= 15 is 0 Å². The highest BCUT2D eigenvalue weighted by Crippen LogP contribution is 2.35. The van der Waals surface area contributed by atoms with Gasteiger partial charge in [-0.3, -0.25) is 9.59 Å². The van der Waals surface area contributed by atoms with Crippen LogP contribution in [0.4, 0.5) is 15.8 Å². The molecule has 0 bridgehead atoms. The van der Waals surface area contributed by atoms with E-state index < -0.39 is 17.6 Å². The first-order chi connectivity index (χ1) is 15.0. The minimum atomic E-state index is -0.509. The molecule has 0 saturated heterocycles. The number of para-hydroxylation sites is 1. The number of benzene rings is 3. The van der Waals surface area contributed by atoms with Crippen LogP contribution in [0.15, 0.2) is 78.5 Å². The number of halogens is 1. The fraction of sp³-hybridized carbons (Fsp3) is 0.0833. The van der Waals surface area contributed by atoms with Gasteiger partial charge in [-0.2, -0.15) is 0 Å².